The summed E-state index contributed by atoms with van der Waals surface area (Å²) in [5.41, 5.74) is 7.13. The van der Waals surface area contributed by atoms with Gasteiger partial charge in [-0.15, -0.1) is 0 Å². The van der Waals surface area contributed by atoms with Gasteiger partial charge in [-0.25, -0.2) is 8.42 Å². The van der Waals surface area contributed by atoms with Gasteiger partial charge in [0.2, 0.25) is 10.0 Å². The summed E-state index contributed by atoms with van der Waals surface area (Å²) >= 11 is 0. The Morgan fingerprint density at radius 3 is 2.71 bits per heavy atom. The van der Waals surface area contributed by atoms with Crippen molar-refractivity contribution >= 4 is 26.6 Å². The van der Waals surface area contributed by atoms with Crippen molar-refractivity contribution in [2.45, 2.75) is 43.5 Å². The summed E-state index contributed by atoms with van der Waals surface area (Å²) in [5.74, 6) is 0. The third kappa shape index (κ3) is 2.42. The highest BCUT2D eigenvalue weighted by Gasteiger charge is 2.33. The third-order valence-corrected chi connectivity index (χ3v) is 6.37. The van der Waals surface area contributed by atoms with Crippen molar-refractivity contribution in [3.05, 3.63) is 24.4 Å². The molecule has 3 N–H and O–H groups in total. The van der Waals surface area contributed by atoms with E-state index in [9.17, 15) is 8.42 Å². The van der Waals surface area contributed by atoms with Gasteiger partial charge in [0.25, 0.3) is 0 Å². The lowest BCUT2D eigenvalue weighted by atomic mass is 10.2. The second-order valence-electron chi connectivity index (χ2n) is 5.60. The summed E-state index contributed by atoms with van der Waals surface area (Å²) in [7, 11) is -3.47. The molecule has 0 unspecified atom stereocenters. The SMILES string of the molecule is CCN(C1CCCC1)S(=O)(=O)c1c[nH]c2cc(N)ccc12. The van der Waals surface area contributed by atoms with Crippen LogP contribution in [0.1, 0.15) is 32.6 Å². The van der Waals surface area contributed by atoms with Crippen LogP contribution in [0.25, 0.3) is 10.9 Å². The first-order chi connectivity index (χ1) is 10.0. The number of rotatable bonds is 4. The van der Waals surface area contributed by atoms with E-state index in [2.05, 4.69) is 4.98 Å². The highest BCUT2D eigenvalue weighted by molar-refractivity contribution is 7.89. The molecule has 1 aromatic heterocycles. The molecule has 0 saturated heterocycles. The summed E-state index contributed by atoms with van der Waals surface area (Å²) in [6.45, 7) is 2.41. The molecule has 5 nitrogen and oxygen atoms in total. The average Bonchev–Trinajstić information content (AvgIpc) is 3.07. The first-order valence-corrected chi connectivity index (χ1v) is 8.86. The van der Waals surface area contributed by atoms with Crippen LogP contribution in [0.4, 0.5) is 5.69 Å². The molecule has 1 aliphatic carbocycles. The molecule has 1 saturated carbocycles. The lowest BCUT2D eigenvalue weighted by Crippen LogP contribution is -2.38. The number of nitrogens with two attached hydrogens (primary N) is 1. The number of nitrogens with zero attached hydrogens (tertiary/aromatic N) is 1. The minimum Gasteiger partial charge on any atom is -0.399 e. The van der Waals surface area contributed by atoms with Crippen molar-refractivity contribution in [2.75, 3.05) is 12.3 Å². The summed E-state index contributed by atoms with van der Waals surface area (Å²) in [6.07, 6.45) is 5.73. The van der Waals surface area contributed by atoms with E-state index in [-0.39, 0.29) is 6.04 Å². The number of aromatic amines is 1. The number of aromatic nitrogens is 1. The van der Waals surface area contributed by atoms with Gasteiger partial charge in [-0.1, -0.05) is 19.8 Å². The highest BCUT2D eigenvalue weighted by atomic mass is 32.2. The van der Waals surface area contributed by atoms with E-state index in [1.165, 1.54) is 0 Å². The second-order valence-corrected chi connectivity index (χ2v) is 7.46. The maximum atomic E-state index is 13.0. The molecule has 0 radical (unpaired) electrons. The van der Waals surface area contributed by atoms with Crippen molar-refractivity contribution in [1.29, 1.82) is 0 Å². The van der Waals surface area contributed by atoms with Gasteiger partial charge in [0.15, 0.2) is 0 Å². The minimum absolute atomic E-state index is 0.138. The quantitative estimate of drug-likeness (QED) is 0.852. The van der Waals surface area contributed by atoms with Crippen LogP contribution in [-0.2, 0) is 10.0 Å². The summed E-state index contributed by atoms with van der Waals surface area (Å²) in [4.78, 5) is 3.37. The van der Waals surface area contributed by atoms with Gasteiger partial charge in [-0.2, -0.15) is 4.31 Å². The Labute approximate surface area is 125 Å². The zero-order valence-electron chi connectivity index (χ0n) is 12.2. The van der Waals surface area contributed by atoms with Crippen LogP contribution in [0.15, 0.2) is 29.3 Å². The maximum Gasteiger partial charge on any atom is 0.245 e. The van der Waals surface area contributed by atoms with Crippen molar-refractivity contribution in [3.8, 4) is 0 Å². The first kappa shape index (κ1) is 14.4. The molecule has 21 heavy (non-hydrogen) atoms. The average molecular weight is 307 g/mol. The summed E-state index contributed by atoms with van der Waals surface area (Å²) < 4.78 is 27.6. The van der Waals surface area contributed by atoms with E-state index in [0.29, 0.717) is 22.5 Å². The van der Waals surface area contributed by atoms with Crippen LogP contribution in [0.5, 0.6) is 0 Å². The van der Waals surface area contributed by atoms with E-state index in [4.69, 9.17) is 5.73 Å². The predicted molar refractivity (Wildman–Crippen MR) is 84.5 cm³/mol. The van der Waals surface area contributed by atoms with Crippen LogP contribution in [0.3, 0.4) is 0 Å². The van der Waals surface area contributed by atoms with E-state index < -0.39 is 10.0 Å². The lowest BCUT2D eigenvalue weighted by Gasteiger charge is -2.26. The molecule has 1 aliphatic rings. The van der Waals surface area contributed by atoms with Crippen LogP contribution in [0, 0.1) is 0 Å². The molecule has 0 aliphatic heterocycles. The lowest BCUT2D eigenvalue weighted by molar-refractivity contribution is 0.336. The van der Waals surface area contributed by atoms with Crippen molar-refractivity contribution in [2.24, 2.45) is 0 Å². The molecule has 0 bridgehead atoms. The smallest absolute Gasteiger partial charge is 0.245 e. The number of benzene rings is 1. The Morgan fingerprint density at radius 2 is 2.05 bits per heavy atom. The van der Waals surface area contributed by atoms with E-state index in [1.54, 1.807) is 28.7 Å². The Kier molecular flexibility index (Phi) is 3.67. The number of fused-ring (bicyclic) bond motifs is 1. The number of H-pyrrole nitrogens is 1. The normalized spacial score (nSPS) is 17.0. The monoisotopic (exact) mass is 307 g/mol. The van der Waals surface area contributed by atoms with Crippen molar-refractivity contribution < 1.29 is 8.42 Å². The fraction of sp³-hybridized carbons (Fsp3) is 0.467. The minimum atomic E-state index is -3.47. The Hall–Kier alpha value is -1.53. The zero-order valence-corrected chi connectivity index (χ0v) is 13.0. The van der Waals surface area contributed by atoms with E-state index >= 15 is 0 Å². The number of anilines is 1. The van der Waals surface area contributed by atoms with Gasteiger partial charge in [-0.05, 0) is 31.0 Å². The van der Waals surface area contributed by atoms with Crippen molar-refractivity contribution in [3.63, 3.8) is 0 Å². The number of sulfonamides is 1. The first-order valence-electron chi connectivity index (χ1n) is 7.42. The summed E-state index contributed by atoms with van der Waals surface area (Å²) in [6, 6.07) is 5.41. The van der Waals surface area contributed by atoms with Gasteiger partial charge in [0.05, 0.1) is 0 Å². The molecule has 6 heteroatoms. The molecule has 0 amide bonds. The number of hydrogen-bond donors (Lipinski definition) is 2. The fourth-order valence-corrected chi connectivity index (χ4v) is 5.13. The van der Waals surface area contributed by atoms with Crippen molar-refractivity contribution in [1.82, 2.24) is 9.29 Å². The fourth-order valence-electron chi connectivity index (χ4n) is 3.27. The molecule has 2 aromatic rings. The number of hydrogen-bond acceptors (Lipinski definition) is 3. The van der Waals surface area contributed by atoms with Gasteiger partial charge < -0.3 is 10.7 Å². The molecule has 1 fully saturated rings. The molecule has 3 rings (SSSR count). The number of nitrogen functional groups attached to an aromatic ring is 1. The largest absolute Gasteiger partial charge is 0.399 e. The zero-order chi connectivity index (χ0) is 15.0. The topological polar surface area (TPSA) is 79.2 Å². The second kappa shape index (κ2) is 5.35. The predicted octanol–water partition coefficient (Wildman–Crippen LogP) is 2.70. The Bertz CT molecular complexity index is 745. The summed E-state index contributed by atoms with van der Waals surface area (Å²) in [5, 5.41) is 0.709. The van der Waals surface area contributed by atoms with Gasteiger partial charge in [0.1, 0.15) is 4.90 Å². The molecule has 114 valence electrons. The van der Waals surface area contributed by atoms with Crippen LogP contribution < -0.4 is 5.73 Å². The standard InChI is InChI=1S/C15H21N3O2S/c1-2-18(12-5-3-4-6-12)21(19,20)15-10-17-14-9-11(16)7-8-13(14)15/h7-10,12,17H,2-6,16H2,1H3. The molecule has 1 aromatic carbocycles. The Balaban J connectivity index is 2.06. The van der Waals surface area contributed by atoms with Crippen LogP contribution >= 0.6 is 0 Å². The van der Waals surface area contributed by atoms with Gasteiger partial charge in [-0.3, -0.25) is 0 Å². The molecular formula is C15H21N3O2S. The number of nitrogens with one attached hydrogen (secondary N) is 1. The van der Waals surface area contributed by atoms with Gasteiger partial charge in [0, 0.05) is 35.4 Å². The maximum absolute atomic E-state index is 13.0. The van der Waals surface area contributed by atoms with Crippen LogP contribution in [0.2, 0.25) is 0 Å². The van der Waals surface area contributed by atoms with Gasteiger partial charge >= 0.3 is 0 Å². The van der Waals surface area contributed by atoms with E-state index in [1.807, 2.05) is 6.92 Å². The molecule has 1 heterocycles. The highest BCUT2D eigenvalue weighted by Crippen LogP contribution is 2.32. The van der Waals surface area contributed by atoms with Crippen LogP contribution in [-0.4, -0.2) is 30.3 Å². The molecule has 0 spiro atoms. The molecular weight excluding hydrogens is 286 g/mol. The molecule has 0 atom stereocenters. The Morgan fingerprint density at radius 1 is 1.33 bits per heavy atom. The van der Waals surface area contributed by atoms with E-state index in [0.717, 1.165) is 31.2 Å². The third-order valence-electron chi connectivity index (χ3n) is 4.30.